The van der Waals surface area contributed by atoms with Crippen molar-refractivity contribution in [2.24, 2.45) is 0 Å². The van der Waals surface area contributed by atoms with E-state index >= 15 is 0 Å². The van der Waals surface area contributed by atoms with Crippen molar-refractivity contribution in [1.29, 1.82) is 0 Å². The molecule has 65 heavy (non-hydrogen) atoms. The minimum atomic E-state index is -0.787. The van der Waals surface area contributed by atoms with Gasteiger partial charge < -0.3 is 20.3 Å². The zero-order chi connectivity index (χ0) is 47.4. The number of hydrogen-bond donors (Lipinski definition) is 3. The lowest BCUT2D eigenvalue weighted by Gasteiger charge is -2.24. The first kappa shape index (κ1) is 63.6. The summed E-state index contributed by atoms with van der Waals surface area (Å²) in [5.74, 6) is -0.465. The Morgan fingerprint density at radius 2 is 0.738 bits per heavy atom. The number of nitrogens with one attached hydrogen (secondary N) is 1. The van der Waals surface area contributed by atoms with Gasteiger partial charge in [-0.15, -0.1) is 0 Å². The number of carbonyl (C=O) groups excluding carboxylic acids is 2. The summed E-state index contributed by atoms with van der Waals surface area (Å²) in [4.78, 5) is 26.3. The van der Waals surface area contributed by atoms with Crippen LogP contribution in [0.4, 0.5) is 0 Å². The smallest absolute Gasteiger partial charge is 0.306 e. The SMILES string of the molecule is CCCCCCCCCCC/C=C/CCCCCC(CC(=O)NC(CO)C(O)CCCCCCCCCCCCCCCC)OC(=O)CCCCCCCCCCCCCCCCCC. The summed E-state index contributed by atoms with van der Waals surface area (Å²) in [7, 11) is 0. The molecule has 0 aromatic heterocycles. The summed E-state index contributed by atoms with van der Waals surface area (Å²) < 4.78 is 5.96. The molecule has 0 aliphatic heterocycles. The lowest BCUT2D eigenvalue weighted by atomic mass is 10.0. The molecule has 0 heterocycles. The van der Waals surface area contributed by atoms with Crippen molar-refractivity contribution in [3.05, 3.63) is 12.2 Å². The molecule has 3 N–H and O–H groups in total. The number of unbranched alkanes of at least 4 members (excludes halogenated alkanes) is 40. The molecule has 0 spiro atoms. The van der Waals surface area contributed by atoms with E-state index in [-0.39, 0.29) is 24.9 Å². The standard InChI is InChI=1S/C59H115NO5/c1-4-7-10-13-16-19-22-25-28-30-32-35-38-41-44-47-50-55(65-59(64)52-49-46-43-40-37-34-31-29-26-23-20-17-14-11-8-5-2)53-58(63)60-56(54-61)57(62)51-48-45-42-39-36-33-27-24-21-18-15-12-9-6-3/h32,35,55-57,61-62H,4-31,33-34,36-54H2,1-3H3,(H,60,63)/b35-32+. The van der Waals surface area contributed by atoms with Crippen molar-refractivity contribution in [3.8, 4) is 0 Å². The number of ether oxygens (including phenoxy) is 1. The van der Waals surface area contributed by atoms with Gasteiger partial charge in [-0.25, -0.2) is 0 Å². The third kappa shape index (κ3) is 48.9. The first-order chi connectivity index (χ1) is 32.0. The van der Waals surface area contributed by atoms with Crippen molar-refractivity contribution in [2.75, 3.05) is 6.61 Å². The first-order valence-electron chi connectivity index (χ1n) is 29.4. The zero-order valence-corrected chi connectivity index (χ0v) is 44.2. The summed E-state index contributed by atoms with van der Waals surface area (Å²) in [6, 6.07) is -0.701. The van der Waals surface area contributed by atoms with Gasteiger partial charge in [0.05, 0.1) is 25.2 Å². The molecule has 0 aromatic rings. The molecular weight excluding hydrogens is 803 g/mol. The Morgan fingerprint density at radius 3 is 1.11 bits per heavy atom. The second-order valence-corrected chi connectivity index (χ2v) is 20.4. The van der Waals surface area contributed by atoms with Gasteiger partial charge in [0.1, 0.15) is 6.10 Å². The van der Waals surface area contributed by atoms with E-state index in [1.165, 1.54) is 225 Å². The fourth-order valence-corrected chi connectivity index (χ4v) is 9.37. The number of hydrogen-bond acceptors (Lipinski definition) is 5. The number of carbonyl (C=O) groups is 2. The Kier molecular flexibility index (Phi) is 52.4. The molecule has 6 heteroatoms. The minimum Gasteiger partial charge on any atom is -0.462 e. The first-order valence-corrected chi connectivity index (χ1v) is 29.4. The number of allylic oxidation sites excluding steroid dienone is 2. The van der Waals surface area contributed by atoms with Crippen LogP contribution >= 0.6 is 0 Å². The highest BCUT2D eigenvalue weighted by atomic mass is 16.5. The Morgan fingerprint density at radius 1 is 0.431 bits per heavy atom. The molecule has 386 valence electrons. The molecule has 0 saturated heterocycles. The van der Waals surface area contributed by atoms with Crippen LogP contribution in [0.2, 0.25) is 0 Å². The van der Waals surface area contributed by atoms with Crippen LogP contribution in [0, 0.1) is 0 Å². The minimum absolute atomic E-state index is 0.0748. The van der Waals surface area contributed by atoms with Gasteiger partial charge in [-0.2, -0.15) is 0 Å². The van der Waals surface area contributed by atoms with E-state index in [4.69, 9.17) is 4.74 Å². The maximum atomic E-state index is 13.3. The molecule has 1 amide bonds. The molecule has 0 bridgehead atoms. The zero-order valence-electron chi connectivity index (χ0n) is 44.2. The van der Waals surface area contributed by atoms with E-state index in [1.807, 2.05) is 0 Å². The molecule has 0 aliphatic carbocycles. The molecule has 0 aromatic carbocycles. The number of rotatable bonds is 54. The molecule has 0 aliphatic rings. The highest BCUT2D eigenvalue weighted by Gasteiger charge is 2.24. The van der Waals surface area contributed by atoms with Gasteiger partial charge in [0.25, 0.3) is 0 Å². The van der Waals surface area contributed by atoms with Crippen LogP contribution in [0.5, 0.6) is 0 Å². The fourth-order valence-electron chi connectivity index (χ4n) is 9.37. The Hall–Kier alpha value is -1.40. The number of aliphatic hydroxyl groups excluding tert-OH is 2. The quantitative estimate of drug-likeness (QED) is 0.0321. The third-order valence-corrected chi connectivity index (χ3v) is 13.8. The molecule has 0 rings (SSSR count). The Balaban J connectivity index is 4.53. The van der Waals surface area contributed by atoms with E-state index < -0.39 is 18.2 Å². The number of aliphatic hydroxyl groups is 2. The van der Waals surface area contributed by atoms with Gasteiger partial charge in [0.2, 0.25) is 5.91 Å². The van der Waals surface area contributed by atoms with Crippen LogP contribution < -0.4 is 5.32 Å². The maximum Gasteiger partial charge on any atom is 0.306 e. The van der Waals surface area contributed by atoms with Gasteiger partial charge >= 0.3 is 5.97 Å². The molecular formula is C59H115NO5. The van der Waals surface area contributed by atoms with Gasteiger partial charge in [0.15, 0.2) is 0 Å². The van der Waals surface area contributed by atoms with Crippen LogP contribution in [-0.4, -0.2) is 46.9 Å². The van der Waals surface area contributed by atoms with Crippen molar-refractivity contribution >= 4 is 11.9 Å². The molecule has 0 saturated carbocycles. The van der Waals surface area contributed by atoms with Gasteiger partial charge in [-0.1, -0.05) is 277 Å². The molecule has 6 nitrogen and oxygen atoms in total. The van der Waals surface area contributed by atoms with Crippen LogP contribution in [0.3, 0.4) is 0 Å². The van der Waals surface area contributed by atoms with Gasteiger partial charge in [-0.05, 0) is 51.4 Å². The van der Waals surface area contributed by atoms with E-state index in [0.29, 0.717) is 19.3 Å². The summed E-state index contributed by atoms with van der Waals surface area (Å²) in [6.45, 7) is 6.53. The summed E-state index contributed by atoms with van der Waals surface area (Å²) in [5, 5.41) is 23.9. The van der Waals surface area contributed by atoms with E-state index in [9.17, 15) is 19.8 Å². The van der Waals surface area contributed by atoms with Crippen LogP contribution in [-0.2, 0) is 14.3 Å². The van der Waals surface area contributed by atoms with Gasteiger partial charge in [0, 0.05) is 6.42 Å². The highest BCUT2D eigenvalue weighted by Crippen LogP contribution is 2.19. The number of esters is 1. The van der Waals surface area contributed by atoms with E-state index in [2.05, 4.69) is 38.2 Å². The normalized spacial score (nSPS) is 13.1. The molecule has 0 radical (unpaired) electrons. The maximum absolute atomic E-state index is 13.3. The monoisotopic (exact) mass is 918 g/mol. The number of amides is 1. The van der Waals surface area contributed by atoms with E-state index in [1.54, 1.807) is 0 Å². The summed E-state index contributed by atoms with van der Waals surface area (Å²) >= 11 is 0. The average molecular weight is 919 g/mol. The lowest BCUT2D eigenvalue weighted by Crippen LogP contribution is -2.46. The third-order valence-electron chi connectivity index (χ3n) is 13.8. The van der Waals surface area contributed by atoms with Gasteiger partial charge in [-0.3, -0.25) is 9.59 Å². The molecule has 0 fully saturated rings. The lowest BCUT2D eigenvalue weighted by molar-refractivity contribution is -0.151. The summed E-state index contributed by atoms with van der Waals surface area (Å²) in [6.07, 6.45) is 61.4. The Labute approximate surface area is 406 Å². The van der Waals surface area contributed by atoms with E-state index in [0.717, 1.165) is 57.8 Å². The van der Waals surface area contributed by atoms with Crippen molar-refractivity contribution in [2.45, 2.75) is 347 Å². The largest absolute Gasteiger partial charge is 0.462 e. The fraction of sp³-hybridized carbons (Fsp3) is 0.932. The van der Waals surface area contributed by atoms with Crippen LogP contribution in [0.1, 0.15) is 329 Å². The predicted molar refractivity (Wildman–Crippen MR) is 283 cm³/mol. The van der Waals surface area contributed by atoms with Crippen molar-refractivity contribution in [3.63, 3.8) is 0 Å². The predicted octanol–water partition coefficient (Wildman–Crippen LogP) is 18.1. The highest BCUT2D eigenvalue weighted by molar-refractivity contribution is 5.77. The Bertz CT molecular complexity index is 986. The second kappa shape index (κ2) is 53.6. The van der Waals surface area contributed by atoms with Crippen molar-refractivity contribution < 1.29 is 24.5 Å². The topological polar surface area (TPSA) is 95.9 Å². The van der Waals surface area contributed by atoms with Crippen LogP contribution in [0.25, 0.3) is 0 Å². The van der Waals surface area contributed by atoms with Crippen molar-refractivity contribution in [1.82, 2.24) is 5.32 Å². The summed E-state index contributed by atoms with van der Waals surface area (Å²) in [5.41, 5.74) is 0. The average Bonchev–Trinajstić information content (AvgIpc) is 3.30. The second-order valence-electron chi connectivity index (χ2n) is 20.4. The van der Waals surface area contributed by atoms with Crippen LogP contribution in [0.15, 0.2) is 12.2 Å². The molecule has 3 unspecified atom stereocenters. The molecule has 3 atom stereocenters.